The highest BCUT2D eigenvalue weighted by atomic mass is 35.5. The van der Waals surface area contributed by atoms with Crippen LogP contribution in [0.5, 0.6) is 0 Å². The van der Waals surface area contributed by atoms with E-state index in [1.165, 1.54) is 0 Å². The molecule has 1 aliphatic heterocycles. The van der Waals surface area contributed by atoms with Gasteiger partial charge in [0.2, 0.25) is 11.8 Å². The van der Waals surface area contributed by atoms with Crippen LogP contribution in [0.3, 0.4) is 0 Å². The summed E-state index contributed by atoms with van der Waals surface area (Å²) in [6.07, 6.45) is 4.26. The molecule has 0 saturated heterocycles. The minimum atomic E-state index is -0.321. The lowest BCUT2D eigenvalue weighted by molar-refractivity contribution is -0.135. The average Bonchev–Trinajstić information content (AvgIpc) is 3.35. The lowest BCUT2D eigenvalue weighted by Gasteiger charge is -2.39. The van der Waals surface area contributed by atoms with Gasteiger partial charge in [0, 0.05) is 22.1 Å². The molecule has 3 heterocycles. The zero-order chi connectivity index (χ0) is 23.9. The quantitative estimate of drug-likeness (QED) is 0.332. The van der Waals surface area contributed by atoms with Crippen molar-refractivity contribution in [2.45, 2.75) is 31.3 Å². The van der Waals surface area contributed by atoms with Gasteiger partial charge in [-0.2, -0.15) is 0 Å². The molecule has 2 aromatic carbocycles. The molecule has 1 atom stereocenters. The van der Waals surface area contributed by atoms with E-state index in [1.54, 1.807) is 16.2 Å². The first-order chi connectivity index (χ1) is 17.1. The average molecular weight is 502 g/mol. The van der Waals surface area contributed by atoms with E-state index in [0.29, 0.717) is 11.4 Å². The largest absolute Gasteiger partial charge is 0.330 e. The summed E-state index contributed by atoms with van der Waals surface area (Å²) in [5.74, 6) is -0.0729. The summed E-state index contributed by atoms with van der Waals surface area (Å²) in [5.41, 5.74) is 3.76. The van der Waals surface area contributed by atoms with Crippen molar-refractivity contribution in [1.29, 1.82) is 0 Å². The predicted octanol–water partition coefficient (Wildman–Crippen LogP) is 5.86. The van der Waals surface area contributed by atoms with Crippen molar-refractivity contribution in [2.24, 2.45) is 0 Å². The van der Waals surface area contributed by atoms with E-state index in [9.17, 15) is 9.59 Å². The first-order valence-electron chi connectivity index (χ1n) is 11.8. The fourth-order valence-corrected chi connectivity index (χ4v) is 5.74. The molecule has 0 N–H and O–H groups in total. The highest BCUT2D eigenvalue weighted by Crippen LogP contribution is 2.42. The number of hydrogen-bond donors (Lipinski definition) is 0. The zero-order valence-corrected chi connectivity index (χ0v) is 20.6. The number of carbonyl (C=O) groups is 2. The van der Waals surface area contributed by atoms with Crippen molar-refractivity contribution in [3.8, 4) is 5.69 Å². The number of benzene rings is 2. The molecule has 1 fully saturated rings. The second-order valence-corrected chi connectivity index (χ2v) is 10.5. The molecular weight excluding hydrogens is 478 g/mol. The van der Waals surface area contributed by atoms with Gasteiger partial charge in [-0.25, -0.2) is 0 Å². The van der Waals surface area contributed by atoms with E-state index in [-0.39, 0.29) is 30.4 Å². The van der Waals surface area contributed by atoms with Crippen LogP contribution in [0.15, 0.2) is 84.4 Å². The maximum absolute atomic E-state index is 14.1. The molecule has 6 rings (SSSR count). The summed E-state index contributed by atoms with van der Waals surface area (Å²) < 4.78 is 2.14. The molecule has 0 spiro atoms. The number of carbonyl (C=O) groups excluding carboxylic acids is 2. The van der Waals surface area contributed by atoms with Crippen LogP contribution in [0.2, 0.25) is 5.02 Å². The summed E-state index contributed by atoms with van der Waals surface area (Å²) in [6.45, 7) is 0.0635. The zero-order valence-electron chi connectivity index (χ0n) is 19.0. The summed E-state index contributed by atoms with van der Waals surface area (Å²) in [6, 6.07) is 23.4. The Bertz CT molecular complexity index is 1380. The van der Waals surface area contributed by atoms with E-state index < -0.39 is 0 Å². The van der Waals surface area contributed by atoms with Crippen LogP contribution >= 0.6 is 22.9 Å². The molecule has 1 aliphatic carbocycles. The number of aromatic nitrogens is 1. The fraction of sp³-hybridized carbons (Fsp3) is 0.214. The van der Waals surface area contributed by atoms with Gasteiger partial charge < -0.3 is 9.47 Å². The van der Waals surface area contributed by atoms with Crippen molar-refractivity contribution in [3.63, 3.8) is 0 Å². The topological polar surface area (TPSA) is 45.6 Å². The number of hydrogen-bond acceptors (Lipinski definition) is 3. The van der Waals surface area contributed by atoms with Gasteiger partial charge in [-0.3, -0.25) is 14.5 Å². The van der Waals surface area contributed by atoms with Crippen molar-refractivity contribution >= 4 is 40.4 Å². The minimum absolute atomic E-state index is 0.0139. The first kappa shape index (κ1) is 22.1. The molecule has 2 aromatic heterocycles. The molecule has 1 unspecified atom stereocenters. The lowest BCUT2D eigenvalue weighted by Crippen LogP contribution is -2.47. The first-order valence-corrected chi connectivity index (χ1v) is 13.0. The predicted molar refractivity (Wildman–Crippen MR) is 139 cm³/mol. The van der Waals surface area contributed by atoms with Crippen LogP contribution in [0.1, 0.15) is 35.0 Å². The van der Waals surface area contributed by atoms with Gasteiger partial charge in [0.25, 0.3) is 0 Å². The molecule has 0 radical (unpaired) electrons. The third-order valence-electron chi connectivity index (χ3n) is 6.69. The summed E-state index contributed by atoms with van der Waals surface area (Å²) >= 11 is 7.76. The van der Waals surface area contributed by atoms with Crippen LogP contribution in [-0.2, 0) is 16.0 Å². The highest BCUT2D eigenvalue weighted by Gasteiger charge is 2.39. The number of halogens is 1. The maximum atomic E-state index is 14.1. The molecule has 2 amide bonds. The lowest BCUT2D eigenvalue weighted by atomic mass is 9.97. The summed E-state index contributed by atoms with van der Waals surface area (Å²) in [5, 5.41) is 2.63. The molecule has 176 valence electrons. The second kappa shape index (κ2) is 9.02. The molecular formula is C28H24ClN3O2S. The molecule has 0 bridgehead atoms. The van der Waals surface area contributed by atoms with Gasteiger partial charge in [-0.1, -0.05) is 41.9 Å². The van der Waals surface area contributed by atoms with Crippen LogP contribution in [0, 0.1) is 0 Å². The normalized spacial score (nSPS) is 16.5. The highest BCUT2D eigenvalue weighted by molar-refractivity contribution is 7.10. The number of anilines is 1. The van der Waals surface area contributed by atoms with Gasteiger partial charge in [0.15, 0.2) is 0 Å². The SMILES string of the molecule is O=C(Cc1cccs1)N(CC(=O)N1c2ccccc2-n2cccc2C1c1ccc(Cl)cc1)C1CC1. The Morgan fingerprint density at radius 3 is 2.43 bits per heavy atom. The monoisotopic (exact) mass is 501 g/mol. The number of fused-ring (bicyclic) bond motifs is 3. The van der Waals surface area contributed by atoms with E-state index >= 15 is 0 Å². The number of amides is 2. The Labute approximate surface area is 213 Å². The van der Waals surface area contributed by atoms with Crippen LogP contribution in [0.25, 0.3) is 5.69 Å². The van der Waals surface area contributed by atoms with E-state index in [1.807, 2.05) is 83.2 Å². The molecule has 2 aliphatic rings. The Hall–Kier alpha value is -3.35. The number of para-hydroxylation sites is 2. The van der Waals surface area contributed by atoms with E-state index in [4.69, 9.17) is 11.6 Å². The van der Waals surface area contributed by atoms with Crippen molar-refractivity contribution < 1.29 is 9.59 Å². The Morgan fingerprint density at radius 2 is 1.71 bits per heavy atom. The maximum Gasteiger partial charge on any atom is 0.247 e. The number of rotatable bonds is 6. The van der Waals surface area contributed by atoms with Crippen LogP contribution < -0.4 is 4.90 Å². The van der Waals surface area contributed by atoms with Crippen LogP contribution in [0.4, 0.5) is 5.69 Å². The van der Waals surface area contributed by atoms with Crippen molar-refractivity contribution in [1.82, 2.24) is 9.47 Å². The van der Waals surface area contributed by atoms with Gasteiger partial charge in [-0.15, -0.1) is 11.3 Å². The van der Waals surface area contributed by atoms with Gasteiger partial charge in [0.05, 0.1) is 23.5 Å². The number of thiophene rings is 1. The standard InChI is InChI=1S/C28H24ClN3O2S/c29-20-11-9-19(10-12-20)28-25-8-3-15-30(25)23-6-1-2-7-24(23)32(28)27(34)18-31(21-13-14-21)26(33)17-22-5-4-16-35-22/h1-12,15-16,21,28H,13-14,17-18H2. The summed E-state index contributed by atoms with van der Waals surface area (Å²) in [7, 11) is 0. The van der Waals surface area contributed by atoms with E-state index in [0.717, 1.165) is 40.4 Å². The third kappa shape index (κ3) is 4.17. The molecule has 4 aromatic rings. The van der Waals surface area contributed by atoms with Crippen LogP contribution in [-0.4, -0.2) is 33.9 Å². The van der Waals surface area contributed by atoms with Gasteiger partial charge in [-0.05, 0) is 66.2 Å². The summed E-state index contributed by atoms with van der Waals surface area (Å²) in [4.78, 5) is 32.0. The molecule has 7 heteroatoms. The smallest absolute Gasteiger partial charge is 0.247 e. The van der Waals surface area contributed by atoms with Gasteiger partial charge in [0.1, 0.15) is 12.6 Å². The molecule has 1 saturated carbocycles. The minimum Gasteiger partial charge on any atom is -0.330 e. The molecule has 35 heavy (non-hydrogen) atoms. The Kier molecular flexibility index (Phi) is 5.71. The fourth-order valence-electron chi connectivity index (χ4n) is 4.92. The molecule has 5 nitrogen and oxygen atoms in total. The number of nitrogens with zero attached hydrogens (tertiary/aromatic N) is 3. The van der Waals surface area contributed by atoms with E-state index in [2.05, 4.69) is 10.6 Å². The van der Waals surface area contributed by atoms with Crippen molar-refractivity contribution in [2.75, 3.05) is 11.4 Å². The second-order valence-electron chi connectivity index (χ2n) is 9.02. The Balaban J connectivity index is 1.38. The van der Waals surface area contributed by atoms with Gasteiger partial charge >= 0.3 is 0 Å². The van der Waals surface area contributed by atoms with Crippen molar-refractivity contribution in [3.05, 3.63) is 106 Å². The Morgan fingerprint density at radius 1 is 0.943 bits per heavy atom. The third-order valence-corrected chi connectivity index (χ3v) is 7.82.